The molecule has 0 bridgehead atoms. The standard InChI is InChI=1S/C38H67N13O8/c1-21(2)19-28(49-35(57)30(22(3)4)51-31(53)25(40)9-5-6-16-39)34(56)48-26(10-7-17-45-37(41)42)32(54)47-27(11-8-18-46-38(43)44)33(55)50-29(36(58)59)20-23-12-14-24(52)15-13-23/h12-15,21-22,25-30,52H,5-11,16-20,39-40H2,1-4H3,(H,47,54)(H,48,56)(H,49,57)(H,50,55)(H,51,53)(H,58,59)(H4,41,42,45)(H4,43,44,46)/t25-,26-,27-,28-,29-,30-/m0/s1. The summed E-state index contributed by atoms with van der Waals surface area (Å²) in [4.78, 5) is 88.2. The van der Waals surface area contributed by atoms with Gasteiger partial charge >= 0.3 is 5.97 Å². The molecular formula is C38H67N13O8. The largest absolute Gasteiger partial charge is 0.508 e. The molecule has 0 aliphatic carbocycles. The van der Waals surface area contributed by atoms with Crippen molar-refractivity contribution in [2.45, 2.75) is 122 Å². The van der Waals surface area contributed by atoms with Gasteiger partial charge in [-0.2, -0.15) is 0 Å². The molecule has 0 saturated heterocycles. The first kappa shape index (κ1) is 51.3. The number of carboxylic acid groups (broad SMARTS) is 1. The first-order valence-corrected chi connectivity index (χ1v) is 19.8. The van der Waals surface area contributed by atoms with Crippen molar-refractivity contribution in [1.82, 2.24) is 26.6 Å². The normalized spacial score (nSPS) is 14.1. The maximum Gasteiger partial charge on any atom is 0.326 e. The van der Waals surface area contributed by atoms with Gasteiger partial charge in [-0.1, -0.05) is 46.2 Å². The summed E-state index contributed by atoms with van der Waals surface area (Å²) < 4.78 is 0. The highest BCUT2D eigenvalue weighted by Gasteiger charge is 2.34. The molecule has 0 saturated carbocycles. The number of hydrogen-bond donors (Lipinski definition) is 13. The summed E-state index contributed by atoms with van der Waals surface area (Å²) in [7, 11) is 0. The lowest BCUT2D eigenvalue weighted by Gasteiger charge is -2.29. The van der Waals surface area contributed by atoms with Gasteiger partial charge in [0.1, 0.15) is 36.0 Å². The molecule has 1 aromatic rings. The first-order chi connectivity index (χ1) is 27.7. The summed E-state index contributed by atoms with van der Waals surface area (Å²) in [6.45, 7) is 7.78. The molecule has 21 heteroatoms. The maximum absolute atomic E-state index is 14.0. The smallest absolute Gasteiger partial charge is 0.326 e. The quantitative estimate of drug-likeness (QED) is 0.0240. The molecule has 0 aliphatic rings. The van der Waals surface area contributed by atoms with E-state index >= 15 is 0 Å². The van der Waals surface area contributed by atoms with Crippen LogP contribution in [0.5, 0.6) is 5.75 Å². The van der Waals surface area contributed by atoms with Gasteiger partial charge in [0.05, 0.1) is 6.04 Å². The van der Waals surface area contributed by atoms with Gasteiger partial charge in [0, 0.05) is 19.5 Å². The van der Waals surface area contributed by atoms with Gasteiger partial charge in [0.2, 0.25) is 29.5 Å². The molecule has 59 heavy (non-hydrogen) atoms. The highest BCUT2D eigenvalue weighted by atomic mass is 16.4. The molecule has 0 heterocycles. The Kier molecular flexibility index (Phi) is 23.5. The van der Waals surface area contributed by atoms with Crippen LogP contribution in [0.15, 0.2) is 34.3 Å². The fourth-order valence-corrected chi connectivity index (χ4v) is 5.83. The average molecular weight is 834 g/mol. The van der Waals surface area contributed by atoms with Crippen molar-refractivity contribution in [1.29, 1.82) is 0 Å². The van der Waals surface area contributed by atoms with E-state index in [0.29, 0.717) is 31.4 Å². The molecule has 1 rings (SSSR count). The first-order valence-electron chi connectivity index (χ1n) is 19.8. The molecule has 5 amide bonds. The van der Waals surface area contributed by atoms with Crippen molar-refractivity contribution in [2.24, 2.45) is 56.2 Å². The number of phenols is 1. The van der Waals surface area contributed by atoms with Crippen LogP contribution in [0.25, 0.3) is 0 Å². The van der Waals surface area contributed by atoms with Crippen LogP contribution in [-0.4, -0.2) is 114 Å². The number of aliphatic imine (C=N–C) groups is 2. The zero-order chi connectivity index (χ0) is 44.7. The number of guanidine groups is 2. The number of carbonyl (C=O) groups is 6. The topological polar surface area (TPSA) is 384 Å². The minimum absolute atomic E-state index is 0.00956. The number of benzene rings is 1. The van der Waals surface area contributed by atoms with Crippen LogP contribution < -0.4 is 61.0 Å². The van der Waals surface area contributed by atoms with E-state index in [0.717, 1.165) is 0 Å². The Balaban J connectivity index is 3.38. The summed E-state index contributed by atoms with van der Waals surface area (Å²) in [6, 6.07) is -1.27. The number of rotatable bonds is 28. The fourth-order valence-electron chi connectivity index (χ4n) is 5.83. The van der Waals surface area contributed by atoms with Crippen molar-refractivity contribution in [3.8, 4) is 5.75 Å². The van der Waals surface area contributed by atoms with Crippen LogP contribution in [-0.2, 0) is 35.2 Å². The van der Waals surface area contributed by atoms with Crippen LogP contribution in [0.3, 0.4) is 0 Å². The molecule has 0 aromatic heterocycles. The SMILES string of the molecule is CC(C)C[C@H](NC(=O)[C@@H](NC(=O)[C@@H](N)CCCCN)C(C)C)C(=O)N[C@@H](CCCN=C(N)N)C(=O)N[C@@H](CCCN=C(N)N)C(=O)N[C@@H](Cc1ccc(O)cc1)C(=O)O. The number of nitrogens with two attached hydrogens (primary N) is 6. The van der Waals surface area contributed by atoms with Crippen molar-refractivity contribution in [2.75, 3.05) is 19.6 Å². The van der Waals surface area contributed by atoms with Gasteiger partial charge in [-0.15, -0.1) is 0 Å². The van der Waals surface area contributed by atoms with E-state index in [4.69, 9.17) is 34.4 Å². The highest BCUT2D eigenvalue weighted by Crippen LogP contribution is 2.13. The number of aliphatic carboxylic acids is 1. The lowest BCUT2D eigenvalue weighted by molar-refractivity contribution is -0.142. The van der Waals surface area contributed by atoms with E-state index in [1.165, 1.54) is 24.3 Å². The number of carboxylic acids is 1. The van der Waals surface area contributed by atoms with Gasteiger partial charge in [-0.05, 0) is 81.0 Å². The predicted octanol–water partition coefficient (Wildman–Crippen LogP) is -2.29. The predicted molar refractivity (Wildman–Crippen MR) is 224 cm³/mol. The van der Waals surface area contributed by atoms with E-state index in [9.17, 15) is 39.0 Å². The summed E-state index contributed by atoms with van der Waals surface area (Å²) >= 11 is 0. The lowest BCUT2D eigenvalue weighted by Crippen LogP contribution is -2.60. The van der Waals surface area contributed by atoms with Crippen molar-refractivity contribution in [3.63, 3.8) is 0 Å². The molecule has 1 aromatic carbocycles. The number of aromatic hydroxyl groups is 1. The van der Waals surface area contributed by atoms with Crippen LogP contribution in [0.4, 0.5) is 0 Å². The number of nitrogens with one attached hydrogen (secondary N) is 5. The second-order valence-electron chi connectivity index (χ2n) is 15.1. The Morgan fingerprint density at radius 3 is 1.54 bits per heavy atom. The Bertz CT molecular complexity index is 1560. The number of nitrogens with zero attached hydrogens (tertiary/aromatic N) is 2. The number of phenolic OH excluding ortho intramolecular Hbond substituents is 1. The van der Waals surface area contributed by atoms with E-state index in [2.05, 4.69) is 36.6 Å². The zero-order valence-electron chi connectivity index (χ0n) is 34.6. The highest BCUT2D eigenvalue weighted by molar-refractivity contribution is 5.96. The summed E-state index contributed by atoms with van der Waals surface area (Å²) in [5.74, 6) is -5.72. The molecule has 19 N–H and O–H groups in total. The van der Waals surface area contributed by atoms with Crippen LogP contribution in [0.1, 0.15) is 84.6 Å². The molecule has 0 aliphatic heterocycles. The van der Waals surface area contributed by atoms with E-state index < -0.39 is 71.8 Å². The van der Waals surface area contributed by atoms with Crippen LogP contribution in [0.2, 0.25) is 0 Å². The third kappa shape index (κ3) is 21.0. The third-order valence-electron chi connectivity index (χ3n) is 9.04. The summed E-state index contributed by atoms with van der Waals surface area (Å²) in [5.41, 5.74) is 33.9. The maximum atomic E-state index is 14.0. The Hall–Kier alpha value is -5.70. The number of hydrogen-bond acceptors (Lipinski definition) is 11. The van der Waals surface area contributed by atoms with Gasteiger partial charge in [-0.25, -0.2) is 4.79 Å². The molecule has 6 atom stereocenters. The van der Waals surface area contributed by atoms with Crippen molar-refractivity contribution >= 4 is 47.4 Å². The number of amides is 5. The van der Waals surface area contributed by atoms with Gasteiger partial charge in [-0.3, -0.25) is 34.0 Å². The Morgan fingerprint density at radius 2 is 1.10 bits per heavy atom. The fraction of sp³-hybridized carbons (Fsp3) is 0.632. The summed E-state index contributed by atoms with van der Waals surface area (Å²) in [6.07, 6.45) is 2.09. The molecule has 0 radical (unpaired) electrons. The van der Waals surface area contributed by atoms with E-state index in [1.807, 2.05) is 13.8 Å². The van der Waals surface area contributed by atoms with Gasteiger partial charge in [0.15, 0.2) is 11.9 Å². The molecule has 0 unspecified atom stereocenters. The summed E-state index contributed by atoms with van der Waals surface area (Å²) in [5, 5.41) is 32.8. The molecule has 0 spiro atoms. The second kappa shape index (κ2) is 27.1. The van der Waals surface area contributed by atoms with E-state index in [-0.39, 0.29) is 81.1 Å². The van der Waals surface area contributed by atoms with Crippen LogP contribution in [0, 0.1) is 11.8 Å². The molecule has 0 fully saturated rings. The molecule has 332 valence electrons. The van der Waals surface area contributed by atoms with Crippen molar-refractivity contribution < 1.29 is 39.0 Å². The van der Waals surface area contributed by atoms with Gasteiger partial charge in [0.25, 0.3) is 0 Å². The number of carbonyl (C=O) groups excluding carboxylic acids is 5. The van der Waals surface area contributed by atoms with Crippen molar-refractivity contribution in [3.05, 3.63) is 29.8 Å². The van der Waals surface area contributed by atoms with Crippen LogP contribution >= 0.6 is 0 Å². The van der Waals surface area contributed by atoms with Gasteiger partial charge < -0.3 is 71.2 Å². The number of unbranched alkanes of at least 4 members (excludes halogenated alkanes) is 1. The minimum atomic E-state index is -1.41. The Labute approximate surface area is 345 Å². The monoisotopic (exact) mass is 834 g/mol. The van der Waals surface area contributed by atoms with E-state index in [1.54, 1.807) is 13.8 Å². The zero-order valence-corrected chi connectivity index (χ0v) is 34.6. The average Bonchev–Trinajstić information content (AvgIpc) is 3.15. The second-order valence-corrected chi connectivity index (χ2v) is 15.1. The third-order valence-corrected chi connectivity index (χ3v) is 9.04. The molecular weight excluding hydrogens is 767 g/mol. The Morgan fingerprint density at radius 1 is 0.627 bits per heavy atom. The molecule has 21 nitrogen and oxygen atoms in total. The lowest BCUT2D eigenvalue weighted by atomic mass is 9.98. The minimum Gasteiger partial charge on any atom is -0.508 e.